The Morgan fingerprint density at radius 3 is 2.20 bits per heavy atom. The highest BCUT2D eigenvalue weighted by atomic mass is 13.9. The predicted octanol–water partition coefficient (Wildman–Crippen LogP) is 5.46. The highest BCUT2D eigenvalue weighted by Gasteiger charge is 1.86. The fourth-order valence-electron chi connectivity index (χ4n) is 1.41. The number of unbranched alkanes of at least 4 members (excludes halogenated alkanes) is 6. The third kappa shape index (κ3) is 13.5. The molecule has 0 bridgehead atoms. The average molecular weight is 207 g/mol. The summed E-state index contributed by atoms with van der Waals surface area (Å²) in [5, 5.41) is 0. The number of rotatable bonds is 10. The van der Waals surface area contributed by atoms with Crippen LogP contribution in [0.1, 0.15) is 65.2 Å². The van der Waals surface area contributed by atoms with E-state index in [-0.39, 0.29) is 0 Å². The van der Waals surface area contributed by atoms with E-state index in [9.17, 15) is 0 Å². The van der Waals surface area contributed by atoms with E-state index in [2.05, 4.69) is 44.6 Å². The SMILES string of the molecule is CCC=CCCC[CH]CC=CCCCC. The second-order valence-electron chi connectivity index (χ2n) is 3.95. The summed E-state index contributed by atoms with van der Waals surface area (Å²) in [7, 11) is 0. The van der Waals surface area contributed by atoms with Crippen molar-refractivity contribution in [3.05, 3.63) is 30.7 Å². The molecule has 0 rings (SSSR count). The summed E-state index contributed by atoms with van der Waals surface area (Å²) in [6, 6.07) is 0. The van der Waals surface area contributed by atoms with Crippen molar-refractivity contribution in [3.63, 3.8) is 0 Å². The largest absolute Gasteiger partial charge is 0.0888 e. The summed E-state index contributed by atoms with van der Waals surface area (Å²) in [6.45, 7) is 4.42. The maximum absolute atomic E-state index is 2.39. The molecule has 0 amide bonds. The van der Waals surface area contributed by atoms with Gasteiger partial charge in [0.1, 0.15) is 0 Å². The lowest BCUT2D eigenvalue weighted by atomic mass is 10.1. The van der Waals surface area contributed by atoms with Gasteiger partial charge in [-0.1, -0.05) is 51.0 Å². The fraction of sp³-hybridized carbons (Fsp3) is 0.667. The van der Waals surface area contributed by atoms with Crippen LogP contribution in [0, 0.1) is 6.42 Å². The third-order valence-corrected chi connectivity index (χ3v) is 2.38. The van der Waals surface area contributed by atoms with Crippen LogP contribution in [-0.4, -0.2) is 0 Å². The summed E-state index contributed by atoms with van der Waals surface area (Å²) in [5.41, 5.74) is 0. The summed E-state index contributed by atoms with van der Waals surface area (Å²) in [4.78, 5) is 0. The van der Waals surface area contributed by atoms with Crippen LogP contribution in [0.2, 0.25) is 0 Å². The quantitative estimate of drug-likeness (QED) is 0.329. The molecule has 0 unspecified atom stereocenters. The van der Waals surface area contributed by atoms with Gasteiger partial charge in [0.05, 0.1) is 0 Å². The van der Waals surface area contributed by atoms with Gasteiger partial charge in [-0.3, -0.25) is 0 Å². The van der Waals surface area contributed by atoms with Crippen LogP contribution in [0.15, 0.2) is 24.3 Å². The second-order valence-corrected chi connectivity index (χ2v) is 3.95. The zero-order valence-corrected chi connectivity index (χ0v) is 10.5. The molecule has 0 N–H and O–H groups in total. The molecule has 0 fully saturated rings. The Hall–Kier alpha value is -0.520. The lowest BCUT2D eigenvalue weighted by Crippen LogP contribution is -1.76. The van der Waals surface area contributed by atoms with Gasteiger partial charge in [-0.25, -0.2) is 0 Å². The molecule has 0 spiro atoms. The van der Waals surface area contributed by atoms with E-state index in [1.54, 1.807) is 0 Å². The molecule has 0 aliphatic heterocycles. The first kappa shape index (κ1) is 14.5. The maximum Gasteiger partial charge on any atom is -0.0319 e. The van der Waals surface area contributed by atoms with Crippen molar-refractivity contribution in [2.45, 2.75) is 65.2 Å². The smallest absolute Gasteiger partial charge is 0.0319 e. The van der Waals surface area contributed by atoms with Crippen molar-refractivity contribution in [1.82, 2.24) is 0 Å². The Balaban J connectivity index is 3.04. The minimum Gasteiger partial charge on any atom is -0.0888 e. The first-order valence-corrected chi connectivity index (χ1v) is 6.53. The number of allylic oxidation sites excluding steroid dienone is 4. The van der Waals surface area contributed by atoms with E-state index in [1.807, 2.05) is 0 Å². The molecular weight excluding hydrogens is 180 g/mol. The summed E-state index contributed by atoms with van der Waals surface area (Å²) >= 11 is 0. The Bertz CT molecular complexity index is 153. The lowest BCUT2D eigenvalue weighted by Gasteiger charge is -1.95. The van der Waals surface area contributed by atoms with Gasteiger partial charge in [0.15, 0.2) is 0 Å². The van der Waals surface area contributed by atoms with E-state index in [0.717, 1.165) is 6.42 Å². The van der Waals surface area contributed by atoms with Crippen LogP contribution in [0.25, 0.3) is 0 Å². The van der Waals surface area contributed by atoms with E-state index in [0.29, 0.717) is 0 Å². The second kappa shape index (κ2) is 13.5. The summed E-state index contributed by atoms with van der Waals surface area (Å²) in [6.07, 6.45) is 21.6. The van der Waals surface area contributed by atoms with Gasteiger partial charge in [-0.15, -0.1) is 0 Å². The highest BCUT2D eigenvalue weighted by molar-refractivity contribution is 4.87. The molecule has 0 aromatic heterocycles. The van der Waals surface area contributed by atoms with E-state index < -0.39 is 0 Å². The Kier molecular flexibility index (Phi) is 13.0. The molecule has 0 aliphatic carbocycles. The van der Waals surface area contributed by atoms with Crippen molar-refractivity contribution < 1.29 is 0 Å². The van der Waals surface area contributed by atoms with Crippen molar-refractivity contribution in [2.24, 2.45) is 0 Å². The molecule has 0 atom stereocenters. The van der Waals surface area contributed by atoms with Crippen molar-refractivity contribution in [3.8, 4) is 0 Å². The fourth-order valence-corrected chi connectivity index (χ4v) is 1.41. The van der Waals surface area contributed by atoms with Crippen LogP contribution in [0.3, 0.4) is 0 Å². The van der Waals surface area contributed by atoms with Crippen LogP contribution in [0.5, 0.6) is 0 Å². The topological polar surface area (TPSA) is 0 Å². The molecule has 15 heavy (non-hydrogen) atoms. The van der Waals surface area contributed by atoms with Gasteiger partial charge in [-0.05, 0) is 44.9 Å². The molecule has 0 aromatic carbocycles. The maximum atomic E-state index is 2.39. The van der Waals surface area contributed by atoms with Crippen molar-refractivity contribution in [1.29, 1.82) is 0 Å². The monoisotopic (exact) mass is 207 g/mol. The molecule has 1 radical (unpaired) electrons. The molecule has 0 aromatic rings. The van der Waals surface area contributed by atoms with Crippen LogP contribution < -0.4 is 0 Å². The molecule has 0 nitrogen and oxygen atoms in total. The Morgan fingerprint density at radius 2 is 1.47 bits per heavy atom. The zero-order valence-electron chi connectivity index (χ0n) is 10.5. The molecule has 0 heteroatoms. The number of hydrogen-bond acceptors (Lipinski definition) is 0. The van der Waals surface area contributed by atoms with Gasteiger partial charge in [-0.2, -0.15) is 0 Å². The number of hydrogen-bond donors (Lipinski definition) is 0. The molecule has 87 valence electrons. The molecule has 0 saturated heterocycles. The van der Waals surface area contributed by atoms with E-state index >= 15 is 0 Å². The van der Waals surface area contributed by atoms with E-state index in [4.69, 9.17) is 0 Å². The molecule has 0 saturated carbocycles. The van der Waals surface area contributed by atoms with Gasteiger partial charge >= 0.3 is 0 Å². The molecule has 0 aliphatic rings. The normalized spacial score (nSPS) is 11.9. The summed E-state index contributed by atoms with van der Waals surface area (Å²) in [5.74, 6) is 0. The highest BCUT2D eigenvalue weighted by Crippen LogP contribution is 2.04. The Morgan fingerprint density at radius 1 is 0.733 bits per heavy atom. The minimum absolute atomic E-state index is 1.15. The van der Waals surface area contributed by atoms with Crippen LogP contribution in [-0.2, 0) is 0 Å². The standard InChI is InChI=1S/C15H27/c1-3-5-7-9-11-13-15-14-12-10-8-6-4-2/h5,7,10,12,15H,3-4,6,8-9,11,13-14H2,1-2H3. The first-order chi connectivity index (χ1) is 7.41. The summed E-state index contributed by atoms with van der Waals surface area (Å²) < 4.78 is 0. The Labute approximate surface area is 96.5 Å². The van der Waals surface area contributed by atoms with Crippen molar-refractivity contribution >= 4 is 0 Å². The van der Waals surface area contributed by atoms with Crippen molar-refractivity contribution in [2.75, 3.05) is 0 Å². The van der Waals surface area contributed by atoms with E-state index in [1.165, 1.54) is 44.9 Å². The lowest BCUT2D eigenvalue weighted by molar-refractivity contribution is 0.800. The van der Waals surface area contributed by atoms with Gasteiger partial charge < -0.3 is 0 Å². The van der Waals surface area contributed by atoms with Gasteiger partial charge in [0.25, 0.3) is 0 Å². The zero-order chi connectivity index (χ0) is 11.2. The predicted molar refractivity (Wildman–Crippen MR) is 70.9 cm³/mol. The van der Waals surface area contributed by atoms with Gasteiger partial charge in [0.2, 0.25) is 0 Å². The van der Waals surface area contributed by atoms with Gasteiger partial charge in [0, 0.05) is 0 Å². The third-order valence-electron chi connectivity index (χ3n) is 2.38. The van der Waals surface area contributed by atoms with Crippen LogP contribution >= 0.6 is 0 Å². The minimum atomic E-state index is 1.15. The molecule has 0 heterocycles. The molecular formula is C15H27. The van der Waals surface area contributed by atoms with Crippen LogP contribution in [0.4, 0.5) is 0 Å². The first-order valence-electron chi connectivity index (χ1n) is 6.53. The average Bonchev–Trinajstić information content (AvgIpc) is 2.26.